The van der Waals surface area contributed by atoms with Crippen LogP contribution >= 0.6 is 0 Å². The van der Waals surface area contributed by atoms with E-state index in [-0.39, 0.29) is 0 Å². The Morgan fingerprint density at radius 3 is 0.613 bits per heavy atom. The summed E-state index contributed by atoms with van der Waals surface area (Å²) in [5.41, 5.74) is -0.977. The Morgan fingerprint density at radius 2 is 0.484 bits per heavy atom. The fraction of sp³-hybridized carbons (Fsp3) is 1.00. The molecule has 0 rings (SSSR count). The summed E-state index contributed by atoms with van der Waals surface area (Å²) in [4.78, 5) is 45.6. The molecule has 8 nitrogen and oxygen atoms in total. The summed E-state index contributed by atoms with van der Waals surface area (Å²) in [5, 5.41) is 0. The molecule has 0 spiro atoms. The third-order valence-electron chi connectivity index (χ3n) is 4.81. The van der Waals surface area contributed by atoms with Crippen LogP contribution < -0.4 is 0 Å². The molecule has 31 heavy (non-hydrogen) atoms. The molecule has 0 radical (unpaired) electrons. The summed E-state index contributed by atoms with van der Waals surface area (Å²) in [5.74, 6) is -3.32. The predicted molar refractivity (Wildman–Crippen MR) is 118 cm³/mol. The fourth-order valence-corrected chi connectivity index (χ4v) is 2.20. The van der Waals surface area contributed by atoms with Crippen LogP contribution in [0.2, 0.25) is 0 Å². The molecule has 0 aromatic carbocycles. The molecule has 8 heteroatoms. The van der Waals surface area contributed by atoms with Crippen LogP contribution in [-0.4, -0.2) is 28.6 Å². The molecule has 0 saturated carbocycles. The first-order valence-electron chi connectivity index (χ1n) is 11.7. The van der Waals surface area contributed by atoms with Gasteiger partial charge in [0.1, 0.15) is 0 Å². The predicted octanol–water partition coefficient (Wildman–Crippen LogP) is 6.93. The molecule has 188 valence electrons. The molecule has 0 atom stereocenters. The van der Waals surface area contributed by atoms with Crippen LogP contribution in [0.1, 0.15) is 122 Å². The van der Waals surface area contributed by atoms with E-state index in [0.717, 1.165) is 0 Å². The van der Waals surface area contributed by atoms with Gasteiger partial charge >= 0.3 is 0 Å². The van der Waals surface area contributed by atoms with Gasteiger partial charge in [0.2, 0.25) is 17.4 Å². The van der Waals surface area contributed by atoms with Crippen molar-refractivity contribution in [3.63, 3.8) is 0 Å². The smallest absolute Gasteiger partial charge is 0.228 e. The number of hydrogen-bond acceptors (Lipinski definition) is 8. The average molecular weight is 453 g/mol. The lowest BCUT2D eigenvalue weighted by molar-refractivity contribution is -0.617. The first-order valence-corrected chi connectivity index (χ1v) is 11.7. The van der Waals surface area contributed by atoms with Gasteiger partial charge in [-0.25, -0.2) is 9.78 Å². The monoisotopic (exact) mass is 452 g/mol. The average Bonchev–Trinajstić information content (AvgIpc) is 2.72. The zero-order valence-electron chi connectivity index (χ0n) is 22.0. The Labute approximate surface area is 189 Å². The lowest BCUT2D eigenvalue weighted by Crippen LogP contribution is -2.46. The van der Waals surface area contributed by atoms with Gasteiger partial charge in [0.05, 0.1) is 11.2 Å². The Morgan fingerprint density at radius 1 is 0.323 bits per heavy atom. The van der Waals surface area contributed by atoms with E-state index in [4.69, 9.17) is 39.1 Å². The molecule has 0 heterocycles. The van der Waals surface area contributed by atoms with E-state index in [2.05, 4.69) is 0 Å². The zero-order valence-corrected chi connectivity index (χ0v) is 22.0. The summed E-state index contributed by atoms with van der Waals surface area (Å²) in [6, 6.07) is 0. The Bertz CT molecular complexity index is 429. The number of rotatable bonds is 16. The third kappa shape index (κ3) is 10.9. The Balaban J connectivity index is 5.35. The molecule has 0 aliphatic carbocycles. The summed E-state index contributed by atoms with van der Waals surface area (Å²) < 4.78 is 0. The van der Waals surface area contributed by atoms with E-state index in [1.807, 2.05) is 83.1 Å². The van der Waals surface area contributed by atoms with Crippen molar-refractivity contribution in [3.8, 4) is 0 Å². The maximum absolute atomic E-state index is 5.82. The standard InChI is InChI=1S/C23H48O8/c1-13-21(14-2,26-24-19(7,8)9)28-30-23(17-5,18-6)31-29-22(15-3,16-4)27-25-20(10,11)12/h13-18H2,1-12H3. The highest BCUT2D eigenvalue weighted by Gasteiger charge is 2.42. The van der Waals surface area contributed by atoms with Crippen LogP contribution in [-0.2, 0) is 39.1 Å². The second kappa shape index (κ2) is 12.8. The van der Waals surface area contributed by atoms with E-state index >= 15 is 0 Å². The van der Waals surface area contributed by atoms with Crippen molar-refractivity contribution >= 4 is 0 Å². The van der Waals surface area contributed by atoms with Gasteiger partial charge in [0.15, 0.2) is 0 Å². The van der Waals surface area contributed by atoms with Crippen LogP contribution in [0.3, 0.4) is 0 Å². The fourth-order valence-electron chi connectivity index (χ4n) is 2.20. The second-order valence-corrected chi connectivity index (χ2v) is 9.74. The molecule has 0 amide bonds. The van der Waals surface area contributed by atoms with Crippen molar-refractivity contribution in [1.82, 2.24) is 0 Å². The highest BCUT2D eigenvalue weighted by Crippen LogP contribution is 2.34. The van der Waals surface area contributed by atoms with Gasteiger partial charge in [-0.15, -0.1) is 0 Å². The first kappa shape index (κ1) is 30.7. The van der Waals surface area contributed by atoms with Crippen molar-refractivity contribution in [2.75, 3.05) is 0 Å². The summed E-state index contributed by atoms with van der Waals surface area (Å²) in [7, 11) is 0. The Hall–Kier alpha value is -0.320. The summed E-state index contributed by atoms with van der Waals surface area (Å²) in [6.45, 7) is 23.0. The van der Waals surface area contributed by atoms with Gasteiger partial charge in [-0.1, -0.05) is 41.5 Å². The van der Waals surface area contributed by atoms with Gasteiger partial charge in [-0.2, -0.15) is 29.3 Å². The first-order chi connectivity index (χ1) is 14.2. The molecule has 0 aromatic rings. The van der Waals surface area contributed by atoms with Gasteiger partial charge in [-0.3, -0.25) is 0 Å². The third-order valence-corrected chi connectivity index (χ3v) is 4.81. The maximum atomic E-state index is 5.82. The molecular formula is C23H48O8. The van der Waals surface area contributed by atoms with Crippen molar-refractivity contribution in [2.24, 2.45) is 0 Å². The molecule has 0 unspecified atom stereocenters. The van der Waals surface area contributed by atoms with E-state index in [1.165, 1.54) is 0 Å². The van der Waals surface area contributed by atoms with Gasteiger partial charge in [-0.05, 0) is 41.5 Å². The van der Waals surface area contributed by atoms with Crippen LogP contribution in [0.15, 0.2) is 0 Å². The quantitative estimate of drug-likeness (QED) is 0.142. The van der Waals surface area contributed by atoms with Crippen molar-refractivity contribution in [1.29, 1.82) is 0 Å². The van der Waals surface area contributed by atoms with Crippen molar-refractivity contribution < 1.29 is 39.1 Å². The second-order valence-electron chi connectivity index (χ2n) is 9.74. The highest BCUT2D eigenvalue weighted by atomic mass is 17.4. The van der Waals surface area contributed by atoms with Gasteiger partial charge in [0, 0.05) is 38.5 Å². The lowest BCUT2D eigenvalue weighted by Gasteiger charge is -2.38. The zero-order chi connectivity index (χ0) is 24.4. The minimum Gasteiger partial charge on any atom is -0.228 e. The topological polar surface area (TPSA) is 73.8 Å². The molecule has 0 N–H and O–H groups in total. The molecule has 0 bridgehead atoms. The van der Waals surface area contributed by atoms with E-state index in [0.29, 0.717) is 38.5 Å². The van der Waals surface area contributed by atoms with Crippen LogP contribution in [0.5, 0.6) is 0 Å². The van der Waals surface area contributed by atoms with Crippen LogP contribution in [0.25, 0.3) is 0 Å². The molecule has 0 aliphatic heterocycles. The Kier molecular flexibility index (Phi) is 12.7. The van der Waals surface area contributed by atoms with Crippen molar-refractivity contribution in [3.05, 3.63) is 0 Å². The summed E-state index contributed by atoms with van der Waals surface area (Å²) >= 11 is 0. The van der Waals surface area contributed by atoms with E-state index in [9.17, 15) is 0 Å². The summed E-state index contributed by atoms with van der Waals surface area (Å²) in [6.07, 6.45) is 2.99. The normalized spacial score (nSPS) is 14.3. The molecule has 0 aromatic heterocycles. The molecule has 0 saturated heterocycles. The largest absolute Gasteiger partial charge is 0.233 e. The minimum absolute atomic E-state index is 0.469. The highest BCUT2D eigenvalue weighted by molar-refractivity contribution is 4.68. The number of hydrogen-bond donors (Lipinski definition) is 0. The van der Waals surface area contributed by atoms with Gasteiger partial charge in [0.25, 0.3) is 0 Å². The molecule has 0 aliphatic rings. The van der Waals surface area contributed by atoms with Gasteiger partial charge < -0.3 is 0 Å². The van der Waals surface area contributed by atoms with E-state index < -0.39 is 28.6 Å². The van der Waals surface area contributed by atoms with Crippen LogP contribution in [0, 0.1) is 0 Å². The lowest BCUT2D eigenvalue weighted by atomic mass is 10.1. The van der Waals surface area contributed by atoms with Crippen molar-refractivity contribution in [2.45, 2.75) is 150 Å². The minimum atomic E-state index is -1.17. The maximum Gasteiger partial charge on any atom is 0.233 e. The van der Waals surface area contributed by atoms with E-state index in [1.54, 1.807) is 0 Å². The van der Waals surface area contributed by atoms with Crippen LogP contribution in [0.4, 0.5) is 0 Å². The molecule has 0 fully saturated rings. The molecular weight excluding hydrogens is 404 g/mol. The SMILES string of the molecule is CCC(CC)(OOC(C)(C)C)OOC(CC)(CC)OOC(CC)(CC)OOC(C)(C)C.